The van der Waals surface area contributed by atoms with Crippen LogP contribution in [0.2, 0.25) is 0 Å². The molecule has 2 aromatic rings. The quantitative estimate of drug-likeness (QED) is 0.859. The van der Waals surface area contributed by atoms with Gasteiger partial charge in [0.05, 0.1) is 11.1 Å². The van der Waals surface area contributed by atoms with E-state index in [0.717, 1.165) is 18.3 Å². The molecule has 1 N–H and O–H groups in total. The van der Waals surface area contributed by atoms with Crippen molar-refractivity contribution in [3.63, 3.8) is 0 Å². The summed E-state index contributed by atoms with van der Waals surface area (Å²) < 4.78 is 39.3. The summed E-state index contributed by atoms with van der Waals surface area (Å²) in [5.41, 5.74) is 0. The molecule has 0 aliphatic heterocycles. The molecule has 15 heavy (non-hydrogen) atoms. The molecule has 0 amide bonds. The Morgan fingerprint density at radius 1 is 1.07 bits per heavy atom. The summed E-state index contributed by atoms with van der Waals surface area (Å²) in [4.78, 5) is -0.249. The summed E-state index contributed by atoms with van der Waals surface area (Å²) in [5, 5.41) is 5.71. The zero-order valence-electron chi connectivity index (χ0n) is 7.30. The fourth-order valence-corrected chi connectivity index (χ4v) is 1.80. The fourth-order valence-electron chi connectivity index (χ4n) is 1.01. The predicted molar refractivity (Wildman–Crippen MR) is 49.0 cm³/mol. The van der Waals surface area contributed by atoms with Crippen LogP contribution in [0.5, 0.6) is 0 Å². The molecule has 0 atom stereocenters. The van der Waals surface area contributed by atoms with Gasteiger partial charge in [-0.2, -0.15) is 5.10 Å². The normalized spacial score (nSPS) is 10.6. The van der Waals surface area contributed by atoms with Crippen LogP contribution in [0.4, 0.5) is 13.2 Å². The zero-order chi connectivity index (χ0) is 10.8. The smallest absolute Gasteiger partial charge is 0.175 e. The van der Waals surface area contributed by atoms with Crippen LogP contribution in [0, 0.1) is 17.5 Å². The SMILES string of the molecule is Fc1cn[nH]c1Sc1c(F)cccc1F. The molecular weight excluding hydrogens is 225 g/mol. The van der Waals surface area contributed by atoms with Crippen LogP contribution in [0.25, 0.3) is 0 Å². The molecule has 0 bridgehead atoms. The van der Waals surface area contributed by atoms with Gasteiger partial charge in [0.2, 0.25) is 0 Å². The van der Waals surface area contributed by atoms with E-state index in [4.69, 9.17) is 0 Å². The number of nitrogens with zero attached hydrogens (tertiary/aromatic N) is 1. The van der Waals surface area contributed by atoms with Crippen LogP contribution in [-0.4, -0.2) is 10.2 Å². The number of aromatic nitrogens is 2. The largest absolute Gasteiger partial charge is 0.269 e. The summed E-state index contributed by atoms with van der Waals surface area (Å²) in [6.07, 6.45) is 0.946. The number of halogens is 3. The van der Waals surface area contributed by atoms with Gasteiger partial charge in [-0.25, -0.2) is 13.2 Å². The third-order valence-electron chi connectivity index (χ3n) is 1.68. The van der Waals surface area contributed by atoms with Gasteiger partial charge in [0.1, 0.15) is 16.7 Å². The van der Waals surface area contributed by atoms with E-state index >= 15 is 0 Å². The second-order valence-electron chi connectivity index (χ2n) is 2.70. The lowest BCUT2D eigenvalue weighted by Gasteiger charge is -2.01. The highest BCUT2D eigenvalue weighted by atomic mass is 32.2. The third kappa shape index (κ3) is 1.99. The van der Waals surface area contributed by atoms with Crippen molar-refractivity contribution in [2.24, 2.45) is 0 Å². The first-order valence-electron chi connectivity index (χ1n) is 3.99. The molecule has 2 rings (SSSR count). The lowest BCUT2D eigenvalue weighted by atomic mass is 10.3. The number of aromatic amines is 1. The number of hydrogen-bond donors (Lipinski definition) is 1. The monoisotopic (exact) mass is 230 g/mol. The molecule has 0 aliphatic rings. The van der Waals surface area contributed by atoms with Gasteiger partial charge in [0.15, 0.2) is 5.82 Å². The Balaban J connectivity index is 2.36. The van der Waals surface area contributed by atoms with E-state index in [1.165, 1.54) is 6.07 Å². The number of benzene rings is 1. The number of H-pyrrole nitrogens is 1. The molecule has 0 radical (unpaired) electrons. The van der Waals surface area contributed by atoms with Gasteiger partial charge >= 0.3 is 0 Å². The lowest BCUT2D eigenvalue weighted by molar-refractivity contribution is 0.539. The van der Waals surface area contributed by atoms with E-state index in [1.807, 2.05) is 0 Å². The van der Waals surface area contributed by atoms with Crippen LogP contribution in [0.1, 0.15) is 0 Å². The standard InChI is InChI=1S/C9H5F3N2S/c10-5-2-1-3-6(11)8(5)15-9-7(12)4-13-14-9/h1-4H,(H,13,14). The summed E-state index contributed by atoms with van der Waals surface area (Å²) in [6, 6.07) is 3.47. The Kier molecular flexibility index (Phi) is 2.68. The van der Waals surface area contributed by atoms with Gasteiger partial charge in [0.25, 0.3) is 0 Å². The first-order valence-corrected chi connectivity index (χ1v) is 4.81. The number of rotatable bonds is 2. The maximum absolute atomic E-state index is 13.2. The van der Waals surface area contributed by atoms with Gasteiger partial charge < -0.3 is 0 Å². The maximum atomic E-state index is 13.2. The van der Waals surface area contributed by atoms with Crippen LogP contribution in [0.15, 0.2) is 34.3 Å². The van der Waals surface area contributed by atoms with Crippen molar-refractivity contribution in [1.29, 1.82) is 0 Å². The molecule has 0 aliphatic carbocycles. The van der Waals surface area contributed by atoms with Crippen molar-refractivity contribution >= 4 is 11.8 Å². The van der Waals surface area contributed by atoms with Crippen LogP contribution in [0.3, 0.4) is 0 Å². The highest BCUT2D eigenvalue weighted by Gasteiger charge is 2.13. The molecule has 0 unspecified atom stereocenters. The molecule has 2 nitrogen and oxygen atoms in total. The molecule has 6 heteroatoms. The van der Waals surface area contributed by atoms with Gasteiger partial charge in [-0.3, -0.25) is 5.10 Å². The molecule has 1 aromatic heterocycles. The molecule has 0 saturated carbocycles. The van der Waals surface area contributed by atoms with Crippen molar-refractivity contribution in [3.05, 3.63) is 41.8 Å². The minimum Gasteiger partial charge on any atom is -0.269 e. The maximum Gasteiger partial charge on any atom is 0.175 e. The predicted octanol–water partition coefficient (Wildman–Crippen LogP) is 2.98. The van der Waals surface area contributed by atoms with Crippen LogP contribution < -0.4 is 0 Å². The topological polar surface area (TPSA) is 28.7 Å². The Morgan fingerprint density at radius 2 is 1.73 bits per heavy atom. The molecule has 0 saturated heterocycles. The molecule has 1 aromatic carbocycles. The minimum absolute atomic E-state index is 0.0148. The summed E-state index contributed by atoms with van der Waals surface area (Å²) in [5.74, 6) is -2.09. The Morgan fingerprint density at radius 3 is 2.27 bits per heavy atom. The average molecular weight is 230 g/mol. The Bertz CT molecular complexity index is 464. The van der Waals surface area contributed by atoms with E-state index in [-0.39, 0.29) is 9.92 Å². The fraction of sp³-hybridized carbons (Fsp3) is 0. The van der Waals surface area contributed by atoms with Gasteiger partial charge in [-0.15, -0.1) is 0 Å². The van der Waals surface area contributed by atoms with Crippen molar-refractivity contribution in [1.82, 2.24) is 10.2 Å². The van der Waals surface area contributed by atoms with E-state index < -0.39 is 17.5 Å². The van der Waals surface area contributed by atoms with Crippen molar-refractivity contribution in [3.8, 4) is 0 Å². The average Bonchev–Trinajstić information content (AvgIpc) is 2.58. The Labute approximate surface area is 87.5 Å². The summed E-state index contributed by atoms with van der Waals surface area (Å²) in [7, 11) is 0. The van der Waals surface area contributed by atoms with Crippen molar-refractivity contribution < 1.29 is 13.2 Å². The van der Waals surface area contributed by atoms with Crippen molar-refractivity contribution in [2.45, 2.75) is 9.92 Å². The van der Waals surface area contributed by atoms with E-state index in [2.05, 4.69) is 10.2 Å². The third-order valence-corrected chi connectivity index (χ3v) is 2.77. The molecule has 0 fully saturated rings. The second kappa shape index (κ2) is 3.98. The second-order valence-corrected chi connectivity index (χ2v) is 3.72. The first kappa shape index (κ1) is 10.1. The summed E-state index contributed by atoms with van der Waals surface area (Å²) >= 11 is 0.631. The first-order chi connectivity index (χ1) is 7.18. The lowest BCUT2D eigenvalue weighted by Crippen LogP contribution is -1.87. The molecule has 78 valence electrons. The van der Waals surface area contributed by atoms with Crippen molar-refractivity contribution in [2.75, 3.05) is 0 Å². The molecule has 1 heterocycles. The minimum atomic E-state index is -0.728. The van der Waals surface area contributed by atoms with Crippen LogP contribution in [-0.2, 0) is 0 Å². The van der Waals surface area contributed by atoms with Gasteiger partial charge in [0, 0.05) is 0 Å². The highest BCUT2D eigenvalue weighted by Crippen LogP contribution is 2.31. The van der Waals surface area contributed by atoms with E-state index in [1.54, 1.807) is 0 Å². The van der Waals surface area contributed by atoms with Crippen LogP contribution >= 0.6 is 11.8 Å². The number of nitrogens with one attached hydrogen (secondary N) is 1. The van der Waals surface area contributed by atoms with E-state index in [9.17, 15) is 13.2 Å². The van der Waals surface area contributed by atoms with E-state index in [0.29, 0.717) is 11.8 Å². The van der Waals surface area contributed by atoms with Gasteiger partial charge in [-0.05, 0) is 12.1 Å². The molecular formula is C9H5F3N2S. The zero-order valence-corrected chi connectivity index (χ0v) is 8.12. The summed E-state index contributed by atoms with van der Waals surface area (Å²) in [6.45, 7) is 0. The Hall–Kier alpha value is -1.43. The molecule has 0 spiro atoms. The van der Waals surface area contributed by atoms with Gasteiger partial charge in [-0.1, -0.05) is 17.8 Å². The number of hydrogen-bond acceptors (Lipinski definition) is 2. The highest BCUT2D eigenvalue weighted by molar-refractivity contribution is 7.99.